The molecule has 18 heavy (non-hydrogen) atoms. The molecule has 2 rings (SSSR count). The average Bonchev–Trinajstić information content (AvgIpc) is 3.18. The molecular weight excluding hydrogens is 236 g/mol. The Bertz CT molecular complexity index is 443. The lowest BCUT2D eigenvalue weighted by molar-refractivity contribution is -0.144. The molecule has 0 amide bonds. The molecule has 0 aliphatic carbocycles. The van der Waals surface area contributed by atoms with Gasteiger partial charge in [-0.3, -0.25) is 0 Å². The van der Waals surface area contributed by atoms with Gasteiger partial charge >= 0.3 is 5.97 Å². The minimum absolute atomic E-state index is 0.246. The topological polar surface area (TPSA) is 57.3 Å². The molecule has 1 aliphatic heterocycles. The molecule has 1 aliphatic rings. The molecule has 1 fully saturated rings. The van der Waals surface area contributed by atoms with E-state index in [0.717, 1.165) is 5.56 Å². The van der Waals surface area contributed by atoms with E-state index >= 15 is 0 Å². The minimum atomic E-state index is -0.497. The number of rotatable bonds is 5. The van der Waals surface area contributed by atoms with Crippen LogP contribution in [0.25, 0.3) is 0 Å². The van der Waals surface area contributed by atoms with Gasteiger partial charge in [0, 0.05) is 0 Å². The van der Waals surface area contributed by atoms with Crippen molar-refractivity contribution < 1.29 is 23.7 Å². The highest BCUT2D eigenvalue weighted by molar-refractivity contribution is 5.78. The predicted octanol–water partition coefficient (Wildman–Crippen LogP) is 1.71. The second kappa shape index (κ2) is 5.27. The normalized spacial score (nSPS) is 21.3. The van der Waals surface area contributed by atoms with Crippen LogP contribution in [0.4, 0.5) is 0 Å². The standard InChI is InChI=1S/C13H16O5/c1-4-17-13(14)12-11(18-12)8-5-6-9(15-2)10(7-8)16-3/h5-7,11-12H,4H2,1-3H3. The van der Waals surface area contributed by atoms with Crippen molar-refractivity contribution in [3.63, 3.8) is 0 Å². The van der Waals surface area contributed by atoms with Gasteiger partial charge in [-0.2, -0.15) is 0 Å². The van der Waals surface area contributed by atoms with Gasteiger partial charge < -0.3 is 18.9 Å². The van der Waals surface area contributed by atoms with Crippen molar-refractivity contribution >= 4 is 5.97 Å². The largest absolute Gasteiger partial charge is 0.493 e. The summed E-state index contributed by atoms with van der Waals surface area (Å²) in [6.45, 7) is 2.13. The highest BCUT2D eigenvalue weighted by Crippen LogP contribution is 2.42. The Kier molecular flexibility index (Phi) is 3.72. The number of carbonyl (C=O) groups excluding carboxylic acids is 1. The predicted molar refractivity (Wildman–Crippen MR) is 63.8 cm³/mol. The molecular formula is C13H16O5. The van der Waals surface area contributed by atoms with E-state index in [1.54, 1.807) is 27.2 Å². The van der Waals surface area contributed by atoms with Crippen LogP contribution in [0.2, 0.25) is 0 Å². The van der Waals surface area contributed by atoms with Crippen LogP contribution in [0, 0.1) is 0 Å². The maximum atomic E-state index is 11.5. The zero-order valence-electron chi connectivity index (χ0n) is 10.6. The van der Waals surface area contributed by atoms with Crippen LogP contribution in [0.1, 0.15) is 18.6 Å². The van der Waals surface area contributed by atoms with Crippen LogP contribution >= 0.6 is 0 Å². The summed E-state index contributed by atoms with van der Waals surface area (Å²) < 4.78 is 20.6. The summed E-state index contributed by atoms with van der Waals surface area (Å²) in [5.41, 5.74) is 0.880. The van der Waals surface area contributed by atoms with Crippen molar-refractivity contribution in [3.05, 3.63) is 23.8 Å². The maximum absolute atomic E-state index is 11.5. The third-order valence-corrected chi connectivity index (χ3v) is 2.75. The molecule has 0 bridgehead atoms. The van der Waals surface area contributed by atoms with E-state index in [2.05, 4.69) is 0 Å². The fraction of sp³-hybridized carbons (Fsp3) is 0.462. The molecule has 0 radical (unpaired) electrons. The number of esters is 1. The van der Waals surface area contributed by atoms with Crippen molar-refractivity contribution in [1.29, 1.82) is 0 Å². The quantitative estimate of drug-likeness (QED) is 0.589. The summed E-state index contributed by atoms with van der Waals surface area (Å²) >= 11 is 0. The van der Waals surface area contributed by atoms with Gasteiger partial charge in [-0.25, -0.2) is 4.79 Å². The minimum Gasteiger partial charge on any atom is -0.493 e. The number of benzene rings is 1. The van der Waals surface area contributed by atoms with Crippen molar-refractivity contribution in [2.24, 2.45) is 0 Å². The van der Waals surface area contributed by atoms with Crippen LogP contribution in [-0.2, 0) is 14.3 Å². The van der Waals surface area contributed by atoms with E-state index in [9.17, 15) is 4.79 Å². The van der Waals surface area contributed by atoms with Gasteiger partial charge in [0.25, 0.3) is 0 Å². The fourth-order valence-electron chi connectivity index (χ4n) is 1.80. The van der Waals surface area contributed by atoms with E-state index in [1.807, 2.05) is 12.1 Å². The number of hydrogen-bond acceptors (Lipinski definition) is 5. The van der Waals surface area contributed by atoms with Crippen molar-refractivity contribution in [2.75, 3.05) is 20.8 Å². The van der Waals surface area contributed by atoms with Crippen LogP contribution in [0.5, 0.6) is 11.5 Å². The number of hydrogen-bond donors (Lipinski definition) is 0. The molecule has 0 saturated carbocycles. The lowest BCUT2D eigenvalue weighted by Crippen LogP contribution is -2.11. The van der Waals surface area contributed by atoms with Gasteiger partial charge in [0.1, 0.15) is 6.10 Å². The first-order valence-corrected chi connectivity index (χ1v) is 5.75. The molecule has 1 saturated heterocycles. The van der Waals surface area contributed by atoms with Gasteiger partial charge in [0.15, 0.2) is 17.6 Å². The first kappa shape index (κ1) is 12.7. The molecule has 5 nitrogen and oxygen atoms in total. The third kappa shape index (κ3) is 2.41. The molecule has 98 valence electrons. The van der Waals surface area contributed by atoms with E-state index in [-0.39, 0.29) is 12.1 Å². The van der Waals surface area contributed by atoms with Gasteiger partial charge in [0.05, 0.1) is 20.8 Å². The van der Waals surface area contributed by atoms with E-state index in [0.29, 0.717) is 18.1 Å². The Morgan fingerprint density at radius 1 is 1.28 bits per heavy atom. The molecule has 0 N–H and O–H groups in total. The second-order valence-corrected chi connectivity index (χ2v) is 3.84. The Morgan fingerprint density at radius 2 is 2.00 bits per heavy atom. The number of ether oxygens (including phenoxy) is 4. The van der Waals surface area contributed by atoms with Gasteiger partial charge in [-0.1, -0.05) is 6.07 Å². The Hall–Kier alpha value is -1.75. The zero-order valence-corrected chi connectivity index (χ0v) is 10.6. The fourth-order valence-corrected chi connectivity index (χ4v) is 1.80. The smallest absolute Gasteiger partial charge is 0.338 e. The highest BCUT2D eigenvalue weighted by Gasteiger charge is 2.47. The number of carbonyl (C=O) groups is 1. The van der Waals surface area contributed by atoms with Crippen LogP contribution in [0.15, 0.2) is 18.2 Å². The van der Waals surface area contributed by atoms with Gasteiger partial charge in [-0.05, 0) is 24.6 Å². The number of epoxide rings is 1. The monoisotopic (exact) mass is 252 g/mol. The molecule has 5 heteroatoms. The number of methoxy groups -OCH3 is 2. The Labute approximate surface area is 106 Å². The molecule has 0 aromatic heterocycles. The summed E-state index contributed by atoms with van der Waals surface area (Å²) in [7, 11) is 3.14. The van der Waals surface area contributed by atoms with Crippen molar-refractivity contribution in [2.45, 2.75) is 19.1 Å². The molecule has 2 atom stereocenters. The molecule has 1 aromatic carbocycles. The summed E-state index contributed by atoms with van der Waals surface area (Å²) in [4.78, 5) is 11.5. The highest BCUT2D eigenvalue weighted by atomic mass is 16.6. The van der Waals surface area contributed by atoms with Crippen LogP contribution in [0.3, 0.4) is 0 Å². The second-order valence-electron chi connectivity index (χ2n) is 3.84. The van der Waals surface area contributed by atoms with Gasteiger partial charge in [0.2, 0.25) is 0 Å². The van der Waals surface area contributed by atoms with Crippen LogP contribution in [-0.4, -0.2) is 32.9 Å². The lowest BCUT2D eigenvalue weighted by atomic mass is 10.1. The maximum Gasteiger partial charge on any atom is 0.338 e. The zero-order chi connectivity index (χ0) is 13.1. The summed E-state index contributed by atoms with van der Waals surface area (Å²) in [5, 5.41) is 0. The summed E-state index contributed by atoms with van der Waals surface area (Å²) in [6.07, 6.45) is -0.744. The van der Waals surface area contributed by atoms with E-state index in [4.69, 9.17) is 18.9 Å². The first-order valence-electron chi connectivity index (χ1n) is 5.75. The molecule has 2 unspecified atom stereocenters. The molecule has 1 aromatic rings. The molecule has 0 spiro atoms. The summed E-state index contributed by atoms with van der Waals surface area (Å²) in [6, 6.07) is 5.45. The van der Waals surface area contributed by atoms with Gasteiger partial charge in [-0.15, -0.1) is 0 Å². The van der Waals surface area contributed by atoms with Crippen LogP contribution < -0.4 is 9.47 Å². The van der Waals surface area contributed by atoms with Crippen molar-refractivity contribution in [1.82, 2.24) is 0 Å². The Morgan fingerprint density at radius 3 is 2.61 bits per heavy atom. The molecule has 1 heterocycles. The average molecular weight is 252 g/mol. The Balaban J connectivity index is 2.10. The third-order valence-electron chi connectivity index (χ3n) is 2.75. The van der Waals surface area contributed by atoms with E-state index in [1.165, 1.54) is 0 Å². The first-order chi connectivity index (χ1) is 8.71. The van der Waals surface area contributed by atoms with E-state index < -0.39 is 6.10 Å². The lowest BCUT2D eigenvalue weighted by Gasteiger charge is -2.08. The van der Waals surface area contributed by atoms with Crippen molar-refractivity contribution in [3.8, 4) is 11.5 Å². The summed E-state index contributed by atoms with van der Waals surface area (Å²) in [5.74, 6) is 0.944. The SMILES string of the molecule is CCOC(=O)C1OC1c1ccc(OC)c(OC)c1.